The molecule has 1 aromatic heterocycles. The van der Waals surface area contributed by atoms with Gasteiger partial charge in [-0.05, 0) is 80.8 Å². The Morgan fingerprint density at radius 3 is 2.67 bits per heavy atom. The van der Waals surface area contributed by atoms with E-state index in [2.05, 4.69) is 29.3 Å². The number of piperidine rings is 1. The van der Waals surface area contributed by atoms with Crippen LogP contribution >= 0.6 is 11.3 Å². The average Bonchev–Trinajstić information content (AvgIpc) is 3.35. The average molecular weight is 506 g/mol. The van der Waals surface area contributed by atoms with Crippen molar-refractivity contribution in [1.82, 2.24) is 9.88 Å². The topological polar surface area (TPSA) is 65.9 Å². The van der Waals surface area contributed by atoms with Crippen molar-refractivity contribution in [2.24, 2.45) is 5.92 Å². The molecule has 1 amide bonds. The summed E-state index contributed by atoms with van der Waals surface area (Å²) in [6, 6.07) is 12.2. The van der Waals surface area contributed by atoms with E-state index in [1.54, 1.807) is 11.3 Å². The fraction of sp³-hybridized carbons (Fsp3) is 0.448. The standard InChI is InChI=1S/C29H35N3O3S/c1-20-6-9-27(25(14-20)26-19-36-29(30-26)32-16-22(17-32)10-13-33)35-18-24-8-7-23(15-21(24)2)28(34)31-11-4-3-5-12-31/h6-9,14-15,19,22,33H,3-5,10-13,16-18H2,1-2H3. The summed E-state index contributed by atoms with van der Waals surface area (Å²) in [5, 5.41) is 12.3. The molecule has 0 radical (unpaired) electrons. The molecule has 2 aliphatic heterocycles. The van der Waals surface area contributed by atoms with Gasteiger partial charge in [0, 0.05) is 49.3 Å². The van der Waals surface area contributed by atoms with Gasteiger partial charge in [0.2, 0.25) is 0 Å². The lowest BCUT2D eigenvalue weighted by atomic mass is 9.98. The van der Waals surface area contributed by atoms with E-state index in [4.69, 9.17) is 14.8 Å². The highest BCUT2D eigenvalue weighted by molar-refractivity contribution is 7.14. The van der Waals surface area contributed by atoms with Gasteiger partial charge in [0.25, 0.3) is 5.91 Å². The summed E-state index contributed by atoms with van der Waals surface area (Å²) < 4.78 is 6.32. The second kappa shape index (κ2) is 11.0. The number of anilines is 1. The van der Waals surface area contributed by atoms with Gasteiger partial charge in [0.1, 0.15) is 12.4 Å². The van der Waals surface area contributed by atoms with Crippen molar-refractivity contribution in [2.75, 3.05) is 37.7 Å². The zero-order valence-corrected chi connectivity index (χ0v) is 22.0. The van der Waals surface area contributed by atoms with Crippen LogP contribution in [0.25, 0.3) is 11.3 Å². The predicted molar refractivity (Wildman–Crippen MR) is 145 cm³/mol. The first-order chi connectivity index (χ1) is 17.5. The van der Waals surface area contributed by atoms with Crippen molar-refractivity contribution in [2.45, 2.75) is 46.1 Å². The van der Waals surface area contributed by atoms with E-state index < -0.39 is 0 Å². The number of hydrogen-bond acceptors (Lipinski definition) is 6. The molecule has 2 fully saturated rings. The smallest absolute Gasteiger partial charge is 0.253 e. The molecule has 190 valence electrons. The van der Waals surface area contributed by atoms with Gasteiger partial charge >= 0.3 is 0 Å². The number of aromatic nitrogens is 1. The second-order valence-corrected chi connectivity index (χ2v) is 10.9. The number of benzene rings is 2. The Balaban J connectivity index is 1.27. The van der Waals surface area contributed by atoms with Gasteiger partial charge in [0.05, 0.1) is 5.69 Å². The maximum atomic E-state index is 12.9. The van der Waals surface area contributed by atoms with Crippen molar-refractivity contribution in [3.63, 3.8) is 0 Å². The van der Waals surface area contributed by atoms with E-state index >= 15 is 0 Å². The van der Waals surface area contributed by atoms with Crippen molar-refractivity contribution in [3.8, 4) is 17.0 Å². The van der Waals surface area contributed by atoms with Crippen LogP contribution in [-0.2, 0) is 6.61 Å². The molecule has 0 aliphatic carbocycles. The van der Waals surface area contributed by atoms with Crippen molar-refractivity contribution >= 4 is 22.4 Å². The molecule has 1 N–H and O–H groups in total. The zero-order chi connectivity index (χ0) is 25.1. The summed E-state index contributed by atoms with van der Waals surface area (Å²) in [7, 11) is 0. The van der Waals surface area contributed by atoms with Crippen molar-refractivity contribution < 1.29 is 14.6 Å². The minimum Gasteiger partial charge on any atom is -0.488 e. The third kappa shape index (κ3) is 5.42. The number of amides is 1. The Labute approximate surface area is 217 Å². The number of hydrogen-bond donors (Lipinski definition) is 1. The Morgan fingerprint density at radius 2 is 1.92 bits per heavy atom. The first-order valence-electron chi connectivity index (χ1n) is 13.0. The number of aliphatic hydroxyl groups excluding tert-OH is 1. The van der Waals surface area contributed by atoms with Gasteiger partial charge in [-0.2, -0.15) is 0 Å². The molecule has 7 heteroatoms. The number of aliphatic hydroxyl groups is 1. The normalized spacial score (nSPS) is 16.2. The monoisotopic (exact) mass is 505 g/mol. The molecule has 0 spiro atoms. The lowest BCUT2D eigenvalue weighted by Crippen LogP contribution is -2.47. The number of ether oxygens (including phenoxy) is 1. The van der Waals surface area contributed by atoms with Gasteiger partial charge in [0.15, 0.2) is 5.13 Å². The summed E-state index contributed by atoms with van der Waals surface area (Å²) in [5.41, 5.74) is 5.99. The molecule has 0 unspecified atom stereocenters. The molecule has 5 rings (SSSR count). The fourth-order valence-corrected chi connectivity index (χ4v) is 5.87. The number of rotatable bonds is 8. The molecule has 6 nitrogen and oxygen atoms in total. The van der Waals surface area contributed by atoms with Gasteiger partial charge in [-0.1, -0.05) is 17.7 Å². The molecule has 0 bridgehead atoms. The maximum Gasteiger partial charge on any atom is 0.253 e. The first-order valence-corrected chi connectivity index (χ1v) is 13.8. The minimum atomic E-state index is 0.135. The molecule has 2 aromatic carbocycles. The van der Waals surface area contributed by atoms with E-state index in [1.165, 1.54) is 6.42 Å². The van der Waals surface area contributed by atoms with Crippen LogP contribution in [0.2, 0.25) is 0 Å². The Morgan fingerprint density at radius 1 is 1.11 bits per heavy atom. The second-order valence-electron chi connectivity index (χ2n) is 10.1. The van der Waals surface area contributed by atoms with Crippen molar-refractivity contribution in [1.29, 1.82) is 0 Å². The van der Waals surface area contributed by atoms with Gasteiger partial charge in [-0.15, -0.1) is 11.3 Å². The first kappa shape index (κ1) is 24.8. The molecular formula is C29H35N3O3S. The molecule has 3 heterocycles. The lowest BCUT2D eigenvalue weighted by molar-refractivity contribution is 0.0724. The van der Waals surface area contributed by atoms with Gasteiger partial charge in [-0.25, -0.2) is 4.98 Å². The van der Waals surface area contributed by atoms with Crippen LogP contribution in [0, 0.1) is 19.8 Å². The van der Waals surface area contributed by atoms with Gasteiger partial charge in [-0.3, -0.25) is 4.79 Å². The molecule has 2 aliphatic rings. The maximum absolute atomic E-state index is 12.9. The van der Waals surface area contributed by atoms with Crippen LogP contribution in [0.5, 0.6) is 5.75 Å². The molecule has 2 saturated heterocycles. The number of aryl methyl sites for hydroxylation is 2. The number of carbonyl (C=O) groups excluding carboxylic acids is 1. The summed E-state index contributed by atoms with van der Waals surface area (Å²) in [5.74, 6) is 1.51. The summed E-state index contributed by atoms with van der Waals surface area (Å²) in [4.78, 5) is 22.0. The van der Waals surface area contributed by atoms with E-state index in [1.807, 2.05) is 36.1 Å². The van der Waals surface area contributed by atoms with E-state index in [9.17, 15) is 4.79 Å². The SMILES string of the molecule is Cc1ccc(OCc2ccc(C(=O)N3CCCCC3)cc2C)c(-c2csc(N3CC(CCO)C3)n2)c1. The van der Waals surface area contributed by atoms with Gasteiger partial charge < -0.3 is 19.6 Å². The molecule has 3 aromatic rings. The highest BCUT2D eigenvalue weighted by Gasteiger charge is 2.28. The van der Waals surface area contributed by atoms with E-state index in [-0.39, 0.29) is 12.5 Å². The molecule has 0 saturated carbocycles. The highest BCUT2D eigenvalue weighted by atomic mass is 32.1. The van der Waals surface area contributed by atoms with Crippen molar-refractivity contribution in [3.05, 3.63) is 64.0 Å². The number of nitrogens with zero attached hydrogens (tertiary/aromatic N) is 3. The fourth-order valence-electron chi connectivity index (χ4n) is 5.02. The zero-order valence-electron chi connectivity index (χ0n) is 21.2. The predicted octanol–water partition coefficient (Wildman–Crippen LogP) is 5.45. The summed E-state index contributed by atoms with van der Waals surface area (Å²) in [6.45, 7) is 8.45. The van der Waals surface area contributed by atoms with E-state index in [0.29, 0.717) is 12.5 Å². The quantitative estimate of drug-likeness (QED) is 0.441. The third-order valence-electron chi connectivity index (χ3n) is 7.28. The lowest BCUT2D eigenvalue weighted by Gasteiger charge is -2.38. The Hall–Kier alpha value is -2.90. The van der Waals surface area contributed by atoms with Crippen LogP contribution in [0.4, 0.5) is 5.13 Å². The number of carbonyl (C=O) groups is 1. The van der Waals surface area contributed by atoms with Crippen LogP contribution < -0.4 is 9.64 Å². The highest BCUT2D eigenvalue weighted by Crippen LogP contribution is 2.37. The largest absolute Gasteiger partial charge is 0.488 e. The third-order valence-corrected chi connectivity index (χ3v) is 8.19. The summed E-state index contributed by atoms with van der Waals surface area (Å²) in [6.07, 6.45) is 4.26. The van der Waals surface area contributed by atoms with Crippen LogP contribution in [0.3, 0.4) is 0 Å². The minimum absolute atomic E-state index is 0.135. The molecular weight excluding hydrogens is 470 g/mol. The van der Waals surface area contributed by atoms with Crippen LogP contribution in [0.15, 0.2) is 41.8 Å². The Bertz CT molecular complexity index is 1210. The van der Waals surface area contributed by atoms with E-state index in [0.717, 1.165) is 89.8 Å². The molecule has 36 heavy (non-hydrogen) atoms. The molecule has 0 atom stereocenters. The Kier molecular flexibility index (Phi) is 7.58. The number of thiazole rings is 1. The van der Waals surface area contributed by atoms with Crippen LogP contribution in [-0.4, -0.2) is 53.7 Å². The summed E-state index contributed by atoms with van der Waals surface area (Å²) >= 11 is 1.66. The number of likely N-dealkylation sites (tertiary alicyclic amines) is 1. The van der Waals surface area contributed by atoms with Crippen LogP contribution in [0.1, 0.15) is 52.7 Å².